The minimum atomic E-state index is -1.32. The molecule has 1 unspecified atom stereocenters. The van der Waals surface area contributed by atoms with Crippen LogP contribution >= 0.6 is 0 Å². The molecule has 0 fully saturated rings. The molecular weight excluding hydrogens is 392 g/mol. The van der Waals surface area contributed by atoms with Crippen molar-refractivity contribution in [3.05, 3.63) is 72.7 Å². The van der Waals surface area contributed by atoms with Gasteiger partial charge in [0.2, 0.25) is 5.95 Å². The van der Waals surface area contributed by atoms with E-state index in [-0.39, 0.29) is 5.95 Å². The number of aromatic amines is 2. The quantitative estimate of drug-likeness (QED) is 0.347. The first-order valence-electron chi connectivity index (χ1n) is 9.83. The number of nitrogens with two attached hydrogens (primary N) is 1. The van der Waals surface area contributed by atoms with Gasteiger partial charge in [0.25, 0.3) is 0 Å². The van der Waals surface area contributed by atoms with Crippen molar-refractivity contribution in [1.29, 1.82) is 0 Å². The lowest BCUT2D eigenvalue weighted by Crippen LogP contribution is -2.28. The molecule has 5 rings (SSSR count). The smallest absolute Gasteiger partial charge is 0.220 e. The minimum Gasteiger partial charge on any atom is -0.379 e. The molecule has 9 heteroatoms. The summed E-state index contributed by atoms with van der Waals surface area (Å²) in [5.41, 5.74) is 9.86. The fourth-order valence-corrected chi connectivity index (χ4v) is 3.76. The van der Waals surface area contributed by atoms with E-state index in [9.17, 15) is 5.11 Å². The molecule has 5 N–H and O–H groups in total. The van der Waals surface area contributed by atoms with E-state index in [4.69, 9.17) is 5.73 Å². The molecule has 9 nitrogen and oxygen atoms in total. The Morgan fingerprint density at radius 2 is 1.90 bits per heavy atom. The zero-order valence-electron chi connectivity index (χ0n) is 16.7. The molecule has 0 aliphatic rings. The molecule has 0 spiro atoms. The normalized spacial score (nSPS) is 13.4. The van der Waals surface area contributed by atoms with Crippen LogP contribution < -0.4 is 5.73 Å². The Morgan fingerprint density at radius 1 is 1.06 bits per heavy atom. The van der Waals surface area contributed by atoms with E-state index in [0.29, 0.717) is 23.4 Å². The van der Waals surface area contributed by atoms with Crippen LogP contribution in [0.1, 0.15) is 24.6 Å². The number of aliphatic hydroxyl groups is 1. The fourth-order valence-electron chi connectivity index (χ4n) is 3.76. The highest BCUT2D eigenvalue weighted by molar-refractivity contribution is 5.95. The van der Waals surface area contributed by atoms with Crippen LogP contribution in [0, 0.1) is 0 Å². The van der Waals surface area contributed by atoms with Gasteiger partial charge in [-0.25, -0.2) is 15.0 Å². The van der Waals surface area contributed by atoms with Crippen molar-refractivity contribution >= 4 is 17.0 Å². The van der Waals surface area contributed by atoms with E-state index < -0.39 is 5.60 Å². The third-order valence-corrected chi connectivity index (χ3v) is 5.48. The summed E-state index contributed by atoms with van der Waals surface area (Å²) in [5, 5.41) is 19.2. The molecular formula is C22H20N8O. The Labute approximate surface area is 177 Å². The number of rotatable bonds is 5. The standard InChI is InChI=1S/C22H20N8O/c1-2-22(31,15-3-5-24-6-4-15)19-8-18(29-21(23)30-19)17-12-26-20-16(17)7-13(9-25-20)14-10-27-28-11-14/h3-12,31H,2H2,1H3,(H,25,26)(H,27,28)(H2,23,29,30). The fraction of sp³-hybridized carbons (Fsp3) is 0.136. The average molecular weight is 412 g/mol. The van der Waals surface area contributed by atoms with Gasteiger partial charge >= 0.3 is 0 Å². The summed E-state index contributed by atoms with van der Waals surface area (Å²) in [7, 11) is 0. The van der Waals surface area contributed by atoms with Gasteiger partial charge in [0.05, 0.1) is 17.6 Å². The lowest BCUT2D eigenvalue weighted by Gasteiger charge is -2.27. The molecule has 0 bridgehead atoms. The first-order chi connectivity index (χ1) is 15.1. The van der Waals surface area contributed by atoms with Crippen LogP contribution in [0.3, 0.4) is 0 Å². The highest BCUT2D eigenvalue weighted by Crippen LogP contribution is 2.35. The molecule has 5 aromatic rings. The maximum atomic E-state index is 11.5. The Morgan fingerprint density at radius 3 is 2.65 bits per heavy atom. The number of H-pyrrole nitrogens is 2. The number of anilines is 1. The summed E-state index contributed by atoms with van der Waals surface area (Å²) in [4.78, 5) is 20.5. The van der Waals surface area contributed by atoms with Gasteiger partial charge in [0.1, 0.15) is 11.2 Å². The van der Waals surface area contributed by atoms with Crippen LogP contribution in [-0.4, -0.2) is 40.2 Å². The second kappa shape index (κ2) is 7.29. The topological polar surface area (TPSA) is 142 Å². The lowest BCUT2D eigenvalue weighted by atomic mass is 9.87. The van der Waals surface area contributed by atoms with Gasteiger partial charge in [-0.15, -0.1) is 0 Å². The summed E-state index contributed by atoms with van der Waals surface area (Å²) < 4.78 is 0. The molecule has 0 saturated heterocycles. The Kier molecular flexibility index (Phi) is 4.45. The average Bonchev–Trinajstić information content (AvgIpc) is 3.48. The molecule has 31 heavy (non-hydrogen) atoms. The number of fused-ring (bicyclic) bond motifs is 1. The molecule has 5 heterocycles. The molecule has 0 saturated carbocycles. The number of nitrogen functional groups attached to an aromatic ring is 1. The SMILES string of the molecule is CCC(O)(c1ccncc1)c1cc(-c2c[nH]c3ncc(-c4cn[nH]c4)cc23)nc(N)n1. The van der Waals surface area contributed by atoms with Gasteiger partial charge in [-0.2, -0.15) is 5.10 Å². The largest absolute Gasteiger partial charge is 0.379 e. The van der Waals surface area contributed by atoms with Gasteiger partial charge in [0, 0.05) is 53.1 Å². The maximum absolute atomic E-state index is 11.5. The number of aromatic nitrogens is 7. The third kappa shape index (κ3) is 3.21. The zero-order chi connectivity index (χ0) is 21.4. The number of hydrogen-bond donors (Lipinski definition) is 4. The molecule has 0 amide bonds. The molecule has 0 aliphatic carbocycles. The van der Waals surface area contributed by atoms with Gasteiger partial charge in [0.15, 0.2) is 0 Å². The van der Waals surface area contributed by atoms with Crippen molar-refractivity contribution < 1.29 is 5.11 Å². The second-order valence-electron chi connectivity index (χ2n) is 7.26. The number of pyridine rings is 2. The first kappa shape index (κ1) is 18.9. The summed E-state index contributed by atoms with van der Waals surface area (Å²) in [6.07, 6.45) is 10.9. The predicted octanol–water partition coefficient (Wildman–Crippen LogP) is 3.03. The molecule has 0 aliphatic heterocycles. The van der Waals surface area contributed by atoms with E-state index in [1.54, 1.807) is 43.0 Å². The van der Waals surface area contributed by atoms with Crippen molar-refractivity contribution in [2.45, 2.75) is 18.9 Å². The van der Waals surface area contributed by atoms with Crippen molar-refractivity contribution in [2.75, 3.05) is 5.73 Å². The van der Waals surface area contributed by atoms with E-state index in [1.807, 2.05) is 25.4 Å². The number of nitrogens with one attached hydrogen (secondary N) is 2. The van der Waals surface area contributed by atoms with E-state index >= 15 is 0 Å². The molecule has 5 aromatic heterocycles. The highest BCUT2D eigenvalue weighted by atomic mass is 16.3. The van der Waals surface area contributed by atoms with E-state index in [2.05, 4.69) is 35.1 Å². The molecule has 0 radical (unpaired) electrons. The van der Waals surface area contributed by atoms with Crippen molar-refractivity contribution in [1.82, 2.24) is 35.1 Å². The summed E-state index contributed by atoms with van der Waals surface area (Å²) in [5.74, 6) is 0.0849. The van der Waals surface area contributed by atoms with E-state index in [1.165, 1.54) is 0 Å². The molecule has 154 valence electrons. The molecule has 0 aromatic carbocycles. The van der Waals surface area contributed by atoms with Gasteiger partial charge in [-0.3, -0.25) is 10.1 Å². The van der Waals surface area contributed by atoms with Crippen LogP contribution in [0.5, 0.6) is 0 Å². The third-order valence-electron chi connectivity index (χ3n) is 5.48. The van der Waals surface area contributed by atoms with Crippen LogP contribution in [0.2, 0.25) is 0 Å². The van der Waals surface area contributed by atoms with Gasteiger partial charge in [-0.05, 0) is 36.2 Å². The van der Waals surface area contributed by atoms with Gasteiger partial charge < -0.3 is 15.8 Å². The Hall–Kier alpha value is -4.11. The summed E-state index contributed by atoms with van der Waals surface area (Å²) in [6, 6.07) is 7.34. The highest BCUT2D eigenvalue weighted by Gasteiger charge is 2.32. The maximum Gasteiger partial charge on any atom is 0.220 e. The van der Waals surface area contributed by atoms with Crippen LogP contribution in [0.4, 0.5) is 5.95 Å². The number of nitrogens with zero attached hydrogens (tertiary/aromatic N) is 5. The Bertz CT molecular complexity index is 1350. The zero-order valence-corrected chi connectivity index (χ0v) is 16.7. The summed E-state index contributed by atoms with van der Waals surface area (Å²) in [6.45, 7) is 1.89. The van der Waals surface area contributed by atoms with Crippen molar-refractivity contribution in [3.63, 3.8) is 0 Å². The van der Waals surface area contributed by atoms with Crippen LogP contribution in [0.25, 0.3) is 33.4 Å². The molecule has 1 atom stereocenters. The van der Waals surface area contributed by atoms with Crippen LogP contribution in [-0.2, 0) is 5.60 Å². The lowest BCUT2D eigenvalue weighted by molar-refractivity contribution is 0.0719. The predicted molar refractivity (Wildman–Crippen MR) is 117 cm³/mol. The number of hydrogen-bond acceptors (Lipinski definition) is 7. The monoisotopic (exact) mass is 412 g/mol. The second-order valence-corrected chi connectivity index (χ2v) is 7.26. The van der Waals surface area contributed by atoms with Crippen molar-refractivity contribution in [2.24, 2.45) is 0 Å². The van der Waals surface area contributed by atoms with Gasteiger partial charge in [-0.1, -0.05) is 6.92 Å². The van der Waals surface area contributed by atoms with Crippen molar-refractivity contribution in [3.8, 4) is 22.4 Å². The summed E-state index contributed by atoms with van der Waals surface area (Å²) >= 11 is 0. The minimum absolute atomic E-state index is 0.0849. The Balaban J connectivity index is 1.66. The first-order valence-corrected chi connectivity index (χ1v) is 9.83. The van der Waals surface area contributed by atoms with Crippen LogP contribution in [0.15, 0.2) is 61.4 Å². The van der Waals surface area contributed by atoms with E-state index in [0.717, 1.165) is 27.7 Å².